The molecule has 3 rings (SSSR count). The first-order valence-electron chi connectivity index (χ1n) is 9.89. The fraction of sp³-hybridized carbons (Fsp3) is 0.700. The summed E-state index contributed by atoms with van der Waals surface area (Å²) in [6.07, 6.45) is 6.84. The van der Waals surface area contributed by atoms with Crippen LogP contribution >= 0.6 is 0 Å². The van der Waals surface area contributed by atoms with Gasteiger partial charge >= 0.3 is 0 Å². The van der Waals surface area contributed by atoms with E-state index >= 15 is 0 Å². The largest absolute Gasteiger partial charge is 0.375 e. The molecule has 6 nitrogen and oxygen atoms in total. The topological polar surface area (TPSA) is 57.7 Å². The van der Waals surface area contributed by atoms with Crippen molar-refractivity contribution in [2.24, 2.45) is 0 Å². The van der Waals surface area contributed by atoms with Crippen LogP contribution in [0.4, 0.5) is 5.82 Å². The minimum atomic E-state index is -0.0975. The van der Waals surface area contributed by atoms with Gasteiger partial charge in [-0.3, -0.25) is 4.79 Å². The van der Waals surface area contributed by atoms with Crippen molar-refractivity contribution in [3.63, 3.8) is 0 Å². The third-order valence-electron chi connectivity index (χ3n) is 5.59. The number of hydrogen-bond acceptors (Lipinski definition) is 5. The summed E-state index contributed by atoms with van der Waals surface area (Å²) in [4.78, 5) is 20.9. The van der Waals surface area contributed by atoms with E-state index in [1.165, 1.54) is 0 Å². The summed E-state index contributed by atoms with van der Waals surface area (Å²) in [5.41, 5.74) is 0.599. The Labute approximate surface area is 156 Å². The number of amides is 1. The van der Waals surface area contributed by atoms with Crippen molar-refractivity contribution < 1.29 is 9.53 Å². The molecule has 0 spiro atoms. The van der Waals surface area contributed by atoms with E-state index in [-0.39, 0.29) is 5.91 Å². The van der Waals surface area contributed by atoms with Gasteiger partial charge in [-0.15, -0.1) is 0 Å². The Kier molecular flexibility index (Phi) is 6.48. The number of carbonyl (C=O) groups is 1. The molecular weight excluding hydrogens is 328 g/mol. The van der Waals surface area contributed by atoms with E-state index in [0.29, 0.717) is 23.8 Å². The number of hydrogen-bond donors (Lipinski definition) is 1. The zero-order chi connectivity index (χ0) is 18.5. The van der Waals surface area contributed by atoms with Gasteiger partial charge in [0, 0.05) is 45.5 Å². The van der Waals surface area contributed by atoms with Gasteiger partial charge < -0.3 is 19.9 Å². The molecule has 1 N–H and O–H groups in total. The highest BCUT2D eigenvalue weighted by molar-refractivity contribution is 5.93. The van der Waals surface area contributed by atoms with Gasteiger partial charge in [-0.25, -0.2) is 4.98 Å². The smallest absolute Gasteiger partial charge is 0.252 e. The fourth-order valence-corrected chi connectivity index (χ4v) is 3.87. The molecule has 0 aromatic carbocycles. The van der Waals surface area contributed by atoms with Gasteiger partial charge in [0.05, 0.1) is 17.8 Å². The summed E-state index contributed by atoms with van der Waals surface area (Å²) in [6.45, 7) is 8.77. The van der Waals surface area contributed by atoms with E-state index in [1.807, 2.05) is 12.1 Å². The van der Waals surface area contributed by atoms with E-state index < -0.39 is 0 Å². The zero-order valence-electron chi connectivity index (χ0n) is 16.3. The maximum atomic E-state index is 11.6. The van der Waals surface area contributed by atoms with Crippen LogP contribution in [0.5, 0.6) is 0 Å². The molecule has 2 fully saturated rings. The average molecular weight is 361 g/mol. The summed E-state index contributed by atoms with van der Waals surface area (Å²) < 4.78 is 6.38. The lowest BCUT2D eigenvalue weighted by molar-refractivity contribution is -0.0540. The number of nitrogens with zero attached hydrogens (tertiary/aromatic N) is 3. The van der Waals surface area contributed by atoms with Crippen molar-refractivity contribution in [3.8, 4) is 0 Å². The van der Waals surface area contributed by atoms with Gasteiger partial charge in [-0.2, -0.15) is 0 Å². The maximum Gasteiger partial charge on any atom is 0.252 e. The van der Waals surface area contributed by atoms with Crippen molar-refractivity contribution in [2.75, 3.05) is 38.1 Å². The van der Waals surface area contributed by atoms with Gasteiger partial charge in [0.15, 0.2) is 0 Å². The minimum Gasteiger partial charge on any atom is -0.375 e. The number of likely N-dealkylation sites (tertiary alicyclic amines) is 1. The molecule has 1 aromatic rings. The second-order valence-electron chi connectivity index (χ2n) is 7.64. The highest BCUT2D eigenvalue weighted by atomic mass is 16.5. The van der Waals surface area contributed by atoms with E-state index in [2.05, 4.69) is 33.9 Å². The third-order valence-corrected chi connectivity index (χ3v) is 5.59. The lowest BCUT2D eigenvalue weighted by Gasteiger charge is -2.38. The van der Waals surface area contributed by atoms with Gasteiger partial charge in [0.2, 0.25) is 0 Å². The van der Waals surface area contributed by atoms with Gasteiger partial charge in [-0.05, 0) is 51.7 Å². The lowest BCUT2D eigenvalue weighted by atomic mass is 10.0. The van der Waals surface area contributed by atoms with E-state index in [9.17, 15) is 4.79 Å². The summed E-state index contributed by atoms with van der Waals surface area (Å²) in [5.74, 6) is 0.848. The highest BCUT2D eigenvalue weighted by Crippen LogP contribution is 2.24. The average Bonchev–Trinajstić information content (AvgIpc) is 2.68. The summed E-state index contributed by atoms with van der Waals surface area (Å²) in [7, 11) is 1.63. The standard InChI is InChI=1S/C20H32N4O2/c1-15(2)23-10-6-17(7-11-23)26-18-8-12-24(13-9-18)19-5-4-16(14-22-19)20(25)21-3/h4-5,14-15,17-18H,6-13H2,1-3H3,(H,21,25). The number of pyridine rings is 1. The van der Waals surface area contributed by atoms with Crippen molar-refractivity contribution in [3.05, 3.63) is 23.9 Å². The molecule has 1 aromatic heterocycles. The summed E-state index contributed by atoms with van der Waals surface area (Å²) in [5, 5.41) is 2.62. The van der Waals surface area contributed by atoms with Gasteiger partial charge in [0.1, 0.15) is 5.82 Å². The molecular formula is C20H32N4O2. The maximum absolute atomic E-state index is 11.6. The molecule has 0 bridgehead atoms. The third kappa shape index (κ3) is 4.74. The van der Waals surface area contributed by atoms with Crippen LogP contribution in [0.3, 0.4) is 0 Å². The number of anilines is 1. The Morgan fingerprint density at radius 3 is 2.23 bits per heavy atom. The van der Waals surface area contributed by atoms with Crippen molar-refractivity contribution in [1.82, 2.24) is 15.2 Å². The molecule has 3 heterocycles. The van der Waals surface area contributed by atoms with Crippen LogP contribution in [-0.4, -0.2) is 67.3 Å². The molecule has 0 radical (unpaired) electrons. The first kappa shape index (κ1) is 19.1. The van der Waals surface area contributed by atoms with Crippen LogP contribution in [-0.2, 0) is 4.74 Å². The van der Waals surface area contributed by atoms with Crippen LogP contribution < -0.4 is 10.2 Å². The second-order valence-corrected chi connectivity index (χ2v) is 7.64. The second kappa shape index (κ2) is 8.82. The number of piperidine rings is 2. The number of aromatic nitrogens is 1. The van der Waals surface area contributed by atoms with Crippen molar-refractivity contribution >= 4 is 11.7 Å². The van der Waals surface area contributed by atoms with E-state index in [1.54, 1.807) is 13.2 Å². The van der Waals surface area contributed by atoms with E-state index in [0.717, 1.165) is 57.7 Å². The minimum absolute atomic E-state index is 0.0975. The normalized spacial score (nSPS) is 20.5. The van der Waals surface area contributed by atoms with E-state index in [4.69, 9.17) is 4.74 Å². The lowest BCUT2D eigenvalue weighted by Crippen LogP contribution is -2.44. The Bertz CT molecular complexity index is 574. The molecule has 1 amide bonds. The molecule has 6 heteroatoms. The molecule has 0 unspecified atom stereocenters. The highest BCUT2D eigenvalue weighted by Gasteiger charge is 2.26. The molecule has 0 atom stereocenters. The Morgan fingerprint density at radius 2 is 1.73 bits per heavy atom. The fourth-order valence-electron chi connectivity index (χ4n) is 3.87. The molecule has 2 aliphatic rings. The first-order valence-corrected chi connectivity index (χ1v) is 9.89. The van der Waals surface area contributed by atoms with Crippen LogP contribution in [0.1, 0.15) is 49.9 Å². The Morgan fingerprint density at radius 1 is 1.12 bits per heavy atom. The molecule has 26 heavy (non-hydrogen) atoms. The zero-order valence-corrected chi connectivity index (χ0v) is 16.3. The Hall–Kier alpha value is -1.66. The van der Waals surface area contributed by atoms with Crippen LogP contribution in [0.15, 0.2) is 18.3 Å². The van der Waals surface area contributed by atoms with Crippen LogP contribution in [0, 0.1) is 0 Å². The number of carbonyl (C=O) groups excluding carboxylic acids is 1. The molecule has 0 aliphatic carbocycles. The Balaban J connectivity index is 1.44. The first-order chi connectivity index (χ1) is 12.6. The number of nitrogens with one attached hydrogen (secondary N) is 1. The molecule has 0 saturated carbocycles. The summed E-state index contributed by atoms with van der Waals surface area (Å²) in [6, 6.07) is 4.42. The molecule has 2 saturated heterocycles. The predicted octanol–water partition coefficient (Wildman–Crippen LogP) is 2.30. The number of ether oxygens (including phenoxy) is 1. The predicted molar refractivity (Wildman–Crippen MR) is 104 cm³/mol. The SMILES string of the molecule is CNC(=O)c1ccc(N2CCC(OC3CCN(C(C)C)CC3)CC2)nc1. The molecule has 2 aliphatic heterocycles. The molecule has 144 valence electrons. The van der Waals surface area contributed by atoms with Gasteiger partial charge in [0.25, 0.3) is 5.91 Å². The van der Waals surface area contributed by atoms with Gasteiger partial charge in [-0.1, -0.05) is 0 Å². The monoisotopic (exact) mass is 360 g/mol. The van der Waals surface area contributed by atoms with Crippen molar-refractivity contribution in [2.45, 2.75) is 57.8 Å². The summed E-state index contributed by atoms with van der Waals surface area (Å²) >= 11 is 0. The quantitative estimate of drug-likeness (QED) is 0.873. The number of rotatable bonds is 5. The van der Waals surface area contributed by atoms with Crippen LogP contribution in [0.2, 0.25) is 0 Å². The van der Waals surface area contributed by atoms with Crippen molar-refractivity contribution in [1.29, 1.82) is 0 Å². The van der Waals surface area contributed by atoms with Crippen LogP contribution in [0.25, 0.3) is 0 Å².